The predicted molar refractivity (Wildman–Crippen MR) is 161 cm³/mol. The van der Waals surface area contributed by atoms with Crippen LogP contribution in [-0.4, -0.2) is 70.1 Å². The summed E-state index contributed by atoms with van der Waals surface area (Å²) in [6.45, 7) is 5.19. The fourth-order valence-corrected chi connectivity index (χ4v) is 4.06. The van der Waals surface area contributed by atoms with Gasteiger partial charge in [-0.3, -0.25) is 24.2 Å². The van der Waals surface area contributed by atoms with Crippen LogP contribution < -0.4 is 27.4 Å². The second-order valence-electron chi connectivity index (χ2n) is 10.1. The van der Waals surface area contributed by atoms with E-state index < -0.39 is 17.9 Å². The first kappa shape index (κ1) is 33.9. The van der Waals surface area contributed by atoms with Gasteiger partial charge in [0.1, 0.15) is 6.04 Å². The minimum atomic E-state index is -0.800. The molecule has 230 valence electrons. The molecule has 0 aliphatic rings. The smallest absolute Gasteiger partial charge is 0.251 e. The first-order chi connectivity index (χ1) is 20.2. The van der Waals surface area contributed by atoms with E-state index in [0.29, 0.717) is 63.1 Å². The summed E-state index contributed by atoms with van der Waals surface area (Å²) in [4.78, 5) is 51.5. The Morgan fingerprint density at radius 2 is 1.67 bits per heavy atom. The third kappa shape index (κ3) is 13.4. The molecule has 0 bridgehead atoms. The molecule has 1 heterocycles. The van der Waals surface area contributed by atoms with Crippen molar-refractivity contribution in [2.45, 2.75) is 84.1 Å². The topological polar surface area (TPSA) is 199 Å². The van der Waals surface area contributed by atoms with E-state index in [-0.39, 0.29) is 11.8 Å². The van der Waals surface area contributed by atoms with E-state index in [4.69, 9.17) is 11.5 Å². The lowest BCUT2D eigenvalue weighted by Crippen LogP contribution is -2.44. The Morgan fingerprint density at radius 3 is 2.33 bits per heavy atom. The van der Waals surface area contributed by atoms with Crippen LogP contribution in [0.1, 0.15) is 87.7 Å². The molecule has 0 radical (unpaired) electrons. The van der Waals surface area contributed by atoms with Crippen molar-refractivity contribution in [1.82, 2.24) is 30.9 Å². The first-order valence-electron chi connectivity index (χ1n) is 14.6. The van der Waals surface area contributed by atoms with Crippen LogP contribution in [0.5, 0.6) is 0 Å². The van der Waals surface area contributed by atoms with Gasteiger partial charge in [-0.15, -0.1) is 5.10 Å². The monoisotopic (exact) mass is 583 g/mol. The van der Waals surface area contributed by atoms with Gasteiger partial charge < -0.3 is 27.4 Å². The Labute approximate surface area is 247 Å². The summed E-state index contributed by atoms with van der Waals surface area (Å²) < 4.78 is 1.63. The first-order valence-corrected chi connectivity index (χ1v) is 14.6. The summed E-state index contributed by atoms with van der Waals surface area (Å²) in [6.07, 6.45) is 8.88. The van der Waals surface area contributed by atoms with E-state index in [0.717, 1.165) is 43.5 Å². The van der Waals surface area contributed by atoms with Gasteiger partial charge in [-0.25, -0.2) is 4.68 Å². The van der Waals surface area contributed by atoms with Gasteiger partial charge in [-0.1, -0.05) is 12.1 Å². The number of nitrogens with zero attached hydrogens (tertiary/aromatic N) is 4. The minimum Gasteiger partial charge on any atom is -0.387 e. The number of carbonyl (C=O) groups is 4. The van der Waals surface area contributed by atoms with Gasteiger partial charge in [-0.05, 0) is 75.6 Å². The molecule has 2 aromatic rings. The van der Waals surface area contributed by atoms with E-state index in [1.807, 2.05) is 13.1 Å². The second kappa shape index (κ2) is 18.9. The summed E-state index contributed by atoms with van der Waals surface area (Å²) in [6, 6.07) is 6.00. The maximum atomic E-state index is 12.7. The summed E-state index contributed by atoms with van der Waals surface area (Å²) in [5, 5.41) is 16.8. The number of aliphatic imine (C=N–C) groups is 1. The molecule has 1 aromatic carbocycles. The summed E-state index contributed by atoms with van der Waals surface area (Å²) in [5.41, 5.74) is 13.1. The Bertz CT molecular complexity index is 1180. The lowest BCUT2D eigenvalue weighted by molar-refractivity contribution is -0.121. The van der Waals surface area contributed by atoms with E-state index in [1.54, 1.807) is 28.9 Å². The Morgan fingerprint density at radius 1 is 0.952 bits per heavy atom. The van der Waals surface area contributed by atoms with Gasteiger partial charge in [-0.2, -0.15) is 0 Å². The molecule has 0 spiro atoms. The van der Waals surface area contributed by atoms with Gasteiger partial charge in [0.05, 0.1) is 23.4 Å². The molecule has 4 amide bonds. The zero-order valence-electron chi connectivity index (χ0n) is 24.7. The van der Waals surface area contributed by atoms with Gasteiger partial charge in [0.25, 0.3) is 5.91 Å². The van der Waals surface area contributed by atoms with Crippen molar-refractivity contribution in [2.75, 3.05) is 19.6 Å². The number of carbonyl (C=O) groups excluding carboxylic acids is 4. The minimum absolute atomic E-state index is 0.0220. The number of unbranched alkanes of at least 4 members (excludes halogenated alkanes) is 3. The van der Waals surface area contributed by atoms with Gasteiger partial charge in [0.2, 0.25) is 17.7 Å². The Kier molecular flexibility index (Phi) is 15.3. The molecule has 0 saturated heterocycles. The quantitative estimate of drug-likeness (QED) is 0.0884. The molecule has 1 unspecified atom stereocenters. The summed E-state index contributed by atoms with van der Waals surface area (Å²) >= 11 is 0. The van der Waals surface area contributed by atoms with Gasteiger partial charge in [0, 0.05) is 45.0 Å². The summed E-state index contributed by atoms with van der Waals surface area (Å²) in [7, 11) is 0. The lowest BCUT2D eigenvalue weighted by Gasteiger charge is -2.15. The molecule has 0 saturated carbocycles. The second-order valence-corrected chi connectivity index (χ2v) is 10.1. The number of nitrogens with one attached hydrogen (secondary N) is 3. The third-order valence-electron chi connectivity index (χ3n) is 6.55. The predicted octanol–water partition coefficient (Wildman–Crippen LogP) is 1.53. The largest absolute Gasteiger partial charge is 0.387 e. The Balaban J connectivity index is 1.71. The number of benzene rings is 1. The molecule has 13 heteroatoms. The Hall–Kier alpha value is -4.29. The van der Waals surface area contributed by atoms with Gasteiger partial charge >= 0.3 is 0 Å². The number of aryl methyl sites for hydroxylation is 1. The SMILES string of the molecule is CCC(N)=NCCCC(NC(=O)c1ccc(-n2cc(CCCCC(=O)NCCCCCNC(C)=O)nn2)cc1)C(N)=O. The summed E-state index contributed by atoms with van der Waals surface area (Å²) in [5.74, 6) is -0.430. The zero-order chi connectivity index (χ0) is 30.7. The van der Waals surface area contributed by atoms with Crippen molar-refractivity contribution >= 4 is 29.5 Å². The van der Waals surface area contributed by atoms with Crippen LogP contribution in [0, 0.1) is 0 Å². The fourth-order valence-electron chi connectivity index (χ4n) is 4.06. The van der Waals surface area contributed by atoms with E-state index in [9.17, 15) is 19.2 Å². The van der Waals surface area contributed by atoms with Crippen molar-refractivity contribution in [3.8, 4) is 5.69 Å². The highest BCUT2D eigenvalue weighted by Gasteiger charge is 2.18. The highest BCUT2D eigenvalue weighted by molar-refractivity contribution is 5.97. The molecule has 1 atom stereocenters. The molecule has 1 aromatic heterocycles. The molecule has 0 aliphatic carbocycles. The van der Waals surface area contributed by atoms with E-state index >= 15 is 0 Å². The van der Waals surface area contributed by atoms with Crippen molar-refractivity contribution in [2.24, 2.45) is 16.5 Å². The number of hydrogen-bond donors (Lipinski definition) is 5. The normalized spacial score (nSPS) is 12.0. The fraction of sp³-hybridized carbons (Fsp3) is 0.552. The van der Waals surface area contributed by atoms with Gasteiger partial charge in [0.15, 0.2) is 0 Å². The molecule has 2 rings (SSSR count). The van der Waals surface area contributed by atoms with Crippen molar-refractivity contribution in [3.05, 3.63) is 41.7 Å². The van der Waals surface area contributed by atoms with Crippen LogP contribution in [0.2, 0.25) is 0 Å². The standard InChI is InChI=1S/C29H45N9O4/c1-3-26(30)33-19-9-11-25(28(31)41)35-29(42)22-13-15-24(16-14-22)38-20-23(36-37-38)10-5-6-12-27(40)34-18-8-4-7-17-32-21(2)39/h13-16,20,25H,3-12,17-19H2,1-2H3,(H2,30,33)(H2,31,41)(H,32,39)(H,34,40)(H,35,42). The van der Waals surface area contributed by atoms with Crippen LogP contribution in [0.4, 0.5) is 0 Å². The molecule has 7 N–H and O–H groups in total. The number of hydrogen-bond acceptors (Lipinski definition) is 7. The molecule has 13 nitrogen and oxygen atoms in total. The van der Waals surface area contributed by atoms with Crippen LogP contribution >= 0.6 is 0 Å². The molecule has 0 fully saturated rings. The number of amidine groups is 1. The van der Waals surface area contributed by atoms with Crippen LogP contribution in [0.3, 0.4) is 0 Å². The van der Waals surface area contributed by atoms with E-state index in [1.165, 1.54) is 6.92 Å². The third-order valence-corrected chi connectivity index (χ3v) is 6.55. The molecular weight excluding hydrogens is 538 g/mol. The molecule has 42 heavy (non-hydrogen) atoms. The van der Waals surface area contributed by atoms with Crippen molar-refractivity contribution in [3.63, 3.8) is 0 Å². The average Bonchev–Trinajstić information content (AvgIpc) is 3.45. The number of rotatable bonds is 20. The van der Waals surface area contributed by atoms with Crippen molar-refractivity contribution < 1.29 is 19.2 Å². The highest BCUT2D eigenvalue weighted by atomic mass is 16.2. The van der Waals surface area contributed by atoms with Crippen LogP contribution in [0.15, 0.2) is 35.5 Å². The van der Waals surface area contributed by atoms with Crippen LogP contribution in [-0.2, 0) is 20.8 Å². The van der Waals surface area contributed by atoms with Crippen LogP contribution in [0.25, 0.3) is 5.69 Å². The van der Waals surface area contributed by atoms with E-state index in [2.05, 4.69) is 31.3 Å². The number of nitrogens with two attached hydrogens (primary N) is 2. The number of amides is 4. The average molecular weight is 584 g/mol. The maximum Gasteiger partial charge on any atom is 0.251 e. The highest BCUT2D eigenvalue weighted by Crippen LogP contribution is 2.12. The molecule has 0 aliphatic heterocycles. The lowest BCUT2D eigenvalue weighted by atomic mass is 10.1. The zero-order valence-corrected chi connectivity index (χ0v) is 24.7. The number of primary amides is 1. The van der Waals surface area contributed by atoms with Crippen molar-refractivity contribution in [1.29, 1.82) is 0 Å². The molecular formula is C29H45N9O4. The maximum absolute atomic E-state index is 12.7. The number of aromatic nitrogens is 3.